The van der Waals surface area contributed by atoms with Gasteiger partial charge in [0.1, 0.15) is 0 Å². The summed E-state index contributed by atoms with van der Waals surface area (Å²) in [6, 6.07) is 16.8. The van der Waals surface area contributed by atoms with Crippen LogP contribution in [0.5, 0.6) is 0 Å². The number of aliphatic hydroxyl groups is 1. The Morgan fingerprint density at radius 1 is 1.07 bits per heavy atom. The van der Waals surface area contributed by atoms with E-state index in [1.807, 2.05) is 49.4 Å². The average molecular weight is 366 g/mol. The molecule has 0 spiro atoms. The highest BCUT2D eigenvalue weighted by molar-refractivity contribution is 6.03. The van der Waals surface area contributed by atoms with Crippen molar-refractivity contribution in [1.29, 1.82) is 0 Å². The second-order valence-electron chi connectivity index (χ2n) is 6.29. The Kier molecular flexibility index (Phi) is 5.37. The minimum absolute atomic E-state index is 0.0455. The molecule has 27 heavy (non-hydrogen) atoms. The van der Waals surface area contributed by atoms with Crippen LogP contribution in [0.3, 0.4) is 0 Å². The van der Waals surface area contributed by atoms with Gasteiger partial charge in [-0.1, -0.05) is 49.4 Å². The molecule has 2 aromatic carbocycles. The summed E-state index contributed by atoms with van der Waals surface area (Å²) in [6.45, 7) is 3.61. The van der Waals surface area contributed by atoms with Crippen molar-refractivity contribution < 1.29 is 19.4 Å². The molecule has 0 unspecified atom stereocenters. The fourth-order valence-corrected chi connectivity index (χ4v) is 2.99. The van der Waals surface area contributed by atoms with E-state index in [0.717, 1.165) is 16.1 Å². The monoisotopic (exact) mass is 366 g/mol. The van der Waals surface area contributed by atoms with Crippen molar-refractivity contribution in [2.24, 2.45) is 5.10 Å². The van der Waals surface area contributed by atoms with E-state index >= 15 is 0 Å². The van der Waals surface area contributed by atoms with E-state index in [-0.39, 0.29) is 13.0 Å². The van der Waals surface area contributed by atoms with Gasteiger partial charge in [0.05, 0.1) is 6.61 Å². The van der Waals surface area contributed by atoms with Crippen molar-refractivity contribution in [3.63, 3.8) is 0 Å². The Hall–Kier alpha value is -2.99. The third-order valence-electron chi connectivity index (χ3n) is 4.48. The van der Waals surface area contributed by atoms with Gasteiger partial charge in [-0.2, -0.15) is 10.1 Å². The standard InChI is InChI=1S/C21H22N2O4/c1-3-18-14-21(26,20(25)27-4-2)23(22-18)19(24)17-12-10-16(11-13-17)15-8-6-5-7-9-15/h5-13,26H,3-4,14H2,1-2H3/t21-/m0/s1. The maximum Gasteiger partial charge on any atom is 0.362 e. The molecule has 0 bridgehead atoms. The zero-order valence-electron chi connectivity index (χ0n) is 15.4. The number of amides is 1. The summed E-state index contributed by atoms with van der Waals surface area (Å²) in [6.07, 6.45) is 0.481. The molecule has 6 nitrogen and oxygen atoms in total. The Bertz CT molecular complexity index is 862. The van der Waals surface area contributed by atoms with E-state index in [1.54, 1.807) is 19.1 Å². The maximum absolute atomic E-state index is 12.9. The average Bonchev–Trinajstić information content (AvgIpc) is 3.06. The van der Waals surface area contributed by atoms with Crippen molar-refractivity contribution >= 4 is 17.6 Å². The molecule has 0 aromatic heterocycles. The Morgan fingerprint density at radius 2 is 1.70 bits per heavy atom. The molecule has 0 saturated carbocycles. The molecule has 2 aromatic rings. The van der Waals surface area contributed by atoms with Crippen LogP contribution in [0.25, 0.3) is 11.1 Å². The molecule has 0 saturated heterocycles. The Balaban J connectivity index is 1.88. The van der Waals surface area contributed by atoms with E-state index in [9.17, 15) is 14.7 Å². The number of ether oxygens (including phenoxy) is 1. The van der Waals surface area contributed by atoms with Crippen LogP contribution < -0.4 is 0 Å². The highest BCUT2D eigenvalue weighted by Crippen LogP contribution is 2.30. The number of carbonyl (C=O) groups excluding carboxylic acids is 2. The van der Waals surface area contributed by atoms with E-state index in [0.29, 0.717) is 17.7 Å². The Labute approximate surface area is 158 Å². The molecule has 1 aliphatic rings. The summed E-state index contributed by atoms with van der Waals surface area (Å²) in [5, 5.41) is 15.9. The van der Waals surface area contributed by atoms with Crippen LogP contribution in [-0.2, 0) is 9.53 Å². The van der Waals surface area contributed by atoms with Gasteiger partial charge < -0.3 is 9.84 Å². The molecule has 1 N–H and O–H groups in total. The zero-order chi connectivity index (χ0) is 19.4. The smallest absolute Gasteiger partial charge is 0.362 e. The number of benzene rings is 2. The SMILES string of the molecule is CCOC(=O)[C@@]1(O)CC(CC)=NN1C(=O)c1ccc(-c2ccccc2)cc1. The lowest BCUT2D eigenvalue weighted by Gasteiger charge is -2.28. The summed E-state index contributed by atoms with van der Waals surface area (Å²) < 4.78 is 4.96. The highest BCUT2D eigenvalue weighted by Gasteiger charge is 2.51. The second-order valence-corrected chi connectivity index (χ2v) is 6.29. The van der Waals surface area contributed by atoms with Crippen molar-refractivity contribution in [3.8, 4) is 11.1 Å². The molecule has 0 radical (unpaired) electrons. The number of rotatable bonds is 5. The summed E-state index contributed by atoms with van der Waals surface area (Å²) in [5.41, 5.74) is 0.800. The Morgan fingerprint density at radius 3 is 2.30 bits per heavy atom. The highest BCUT2D eigenvalue weighted by atomic mass is 16.6. The van der Waals surface area contributed by atoms with Crippen LogP contribution >= 0.6 is 0 Å². The van der Waals surface area contributed by atoms with Gasteiger partial charge in [0, 0.05) is 17.7 Å². The van der Waals surface area contributed by atoms with Crippen molar-refractivity contribution in [3.05, 3.63) is 60.2 Å². The molecule has 3 rings (SSSR count). The first-order chi connectivity index (χ1) is 13.0. The van der Waals surface area contributed by atoms with Crippen molar-refractivity contribution in [1.82, 2.24) is 5.01 Å². The first-order valence-corrected chi connectivity index (χ1v) is 8.95. The molecule has 1 heterocycles. The van der Waals surface area contributed by atoms with Crippen LogP contribution in [0.4, 0.5) is 0 Å². The number of hydrogen-bond donors (Lipinski definition) is 1. The van der Waals surface area contributed by atoms with Gasteiger partial charge in [0.25, 0.3) is 11.6 Å². The number of hydrogen-bond acceptors (Lipinski definition) is 5. The lowest BCUT2D eigenvalue weighted by molar-refractivity contribution is -0.179. The van der Waals surface area contributed by atoms with Crippen molar-refractivity contribution in [2.75, 3.05) is 6.61 Å². The summed E-state index contributed by atoms with van der Waals surface area (Å²) >= 11 is 0. The predicted octanol–water partition coefficient (Wildman–Crippen LogP) is 3.22. The van der Waals surface area contributed by atoms with E-state index in [4.69, 9.17) is 4.74 Å². The molecule has 1 aliphatic heterocycles. The lowest BCUT2D eigenvalue weighted by atomic mass is 10.0. The molecule has 1 atom stereocenters. The summed E-state index contributed by atoms with van der Waals surface area (Å²) in [4.78, 5) is 25.2. The van der Waals surface area contributed by atoms with Gasteiger partial charge in [-0.3, -0.25) is 4.79 Å². The number of nitrogens with zero attached hydrogens (tertiary/aromatic N) is 2. The van der Waals surface area contributed by atoms with Gasteiger partial charge in [-0.25, -0.2) is 4.79 Å². The predicted molar refractivity (Wildman–Crippen MR) is 102 cm³/mol. The first kappa shape index (κ1) is 18.8. The quantitative estimate of drug-likeness (QED) is 0.824. The summed E-state index contributed by atoms with van der Waals surface area (Å²) in [5.74, 6) is -1.42. The molecule has 1 amide bonds. The van der Waals surface area contributed by atoms with Crippen LogP contribution in [0.2, 0.25) is 0 Å². The largest absolute Gasteiger partial charge is 0.462 e. The molecule has 0 aliphatic carbocycles. The van der Waals surface area contributed by atoms with Gasteiger partial charge in [0.15, 0.2) is 0 Å². The van der Waals surface area contributed by atoms with Crippen LogP contribution in [0.15, 0.2) is 59.7 Å². The fraction of sp³-hybridized carbons (Fsp3) is 0.286. The van der Waals surface area contributed by atoms with Gasteiger partial charge in [0.2, 0.25) is 0 Å². The first-order valence-electron chi connectivity index (χ1n) is 8.95. The number of carbonyl (C=O) groups is 2. The van der Waals surface area contributed by atoms with Crippen LogP contribution in [-0.4, -0.2) is 40.0 Å². The molecule has 140 valence electrons. The number of hydrazone groups is 1. The normalized spacial score (nSPS) is 18.9. The van der Waals surface area contributed by atoms with Crippen molar-refractivity contribution in [2.45, 2.75) is 32.4 Å². The topological polar surface area (TPSA) is 79.2 Å². The lowest BCUT2D eigenvalue weighted by Crippen LogP contribution is -2.53. The van der Waals surface area contributed by atoms with E-state index in [2.05, 4.69) is 5.10 Å². The maximum atomic E-state index is 12.9. The number of esters is 1. The van der Waals surface area contributed by atoms with Gasteiger partial charge >= 0.3 is 5.97 Å². The summed E-state index contributed by atoms with van der Waals surface area (Å²) in [7, 11) is 0. The minimum atomic E-state index is -2.10. The van der Waals surface area contributed by atoms with E-state index < -0.39 is 17.6 Å². The van der Waals surface area contributed by atoms with Crippen LogP contribution in [0, 0.1) is 0 Å². The molecule has 0 fully saturated rings. The second kappa shape index (κ2) is 7.72. The molecule has 6 heteroatoms. The molecular formula is C21H22N2O4. The molecular weight excluding hydrogens is 344 g/mol. The van der Waals surface area contributed by atoms with E-state index in [1.165, 1.54) is 0 Å². The van der Waals surface area contributed by atoms with Gasteiger partial charge in [-0.15, -0.1) is 0 Å². The van der Waals surface area contributed by atoms with Crippen LogP contribution in [0.1, 0.15) is 37.0 Å². The third kappa shape index (κ3) is 3.61. The minimum Gasteiger partial charge on any atom is -0.462 e. The van der Waals surface area contributed by atoms with Gasteiger partial charge in [-0.05, 0) is 36.6 Å². The fourth-order valence-electron chi connectivity index (χ4n) is 2.99. The zero-order valence-corrected chi connectivity index (χ0v) is 15.4. The third-order valence-corrected chi connectivity index (χ3v) is 4.48.